The van der Waals surface area contributed by atoms with Crippen LogP contribution in [0.3, 0.4) is 0 Å². The maximum absolute atomic E-state index is 10.2. The summed E-state index contributed by atoms with van der Waals surface area (Å²) in [6.45, 7) is 2.23. The van der Waals surface area contributed by atoms with Crippen LogP contribution in [0.4, 0.5) is 0 Å². The molecule has 84 valence electrons. The fourth-order valence-corrected chi connectivity index (χ4v) is 1.59. The van der Waals surface area contributed by atoms with Crippen molar-refractivity contribution in [3.8, 4) is 0 Å². The van der Waals surface area contributed by atoms with Gasteiger partial charge in [0.2, 0.25) is 0 Å². The quantitative estimate of drug-likeness (QED) is 0.408. The number of hydrogen-bond donors (Lipinski definition) is 1. The number of carbonyl (C=O) groups is 1. The molecule has 0 rings (SSSR count). The van der Waals surface area contributed by atoms with Crippen LogP contribution in [0, 0.1) is 0 Å². The Morgan fingerprint density at radius 3 is 1.62 bits per heavy atom. The Morgan fingerprint density at radius 2 is 1.25 bits per heavy atom. The van der Waals surface area contributed by atoms with Gasteiger partial charge in [0, 0.05) is 6.42 Å². The summed E-state index contributed by atoms with van der Waals surface area (Å²) in [6.07, 6.45) is 11.5. The molecule has 0 saturated heterocycles. The van der Waals surface area contributed by atoms with E-state index in [2.05, 4.69) is 6.92 Å². The minimum absolute atomic E-state index is 0. The first kappa shape index (κ1) is 23.1. The van der Waals surface area contributed by atoms with Crippen molar-refractivity contribution in [2.45, 2.75) is 71.1 Å². The molecule has 0 radical (unpaired) electrons. The van der Waals surface area contributed by atoms with Gasteiger partial charge in [-0.05, 0) is 6.42 Å². The molecular weight excluding hydrogens is 426 g/mol. The molecule has 0 aromatic heterocycles. The first-order valence-electron chi connectivity index (χ1n) is 5.99. The molecule has 2 nitrogen and oxygen atoms in total. The zero-order valence-corrected chi connectivity index (χ0v) is 19.3. The Morgan fingerprint density at radius 1 is 0.875 bits per heavy atom. The van der Waals surface area contributed by atoms with Gasteiger partial charge in [-0.3, -0.25) is 4.79 Å². The van der Waals surface area contributed by atoms with E-state index in [-0.39, 0.29) is 76.2 Å². The van der Waals surface area contributed by atoms with Gasteiger partial charge in [-0.2, -0.15) is 0 Å². The number of rotatable bonds is 10. The van der Waals surface area contributed by atoms with Gasteiger partial charge >= 0.3 is 82.1 Å². The normalized spacial score (nSPS) is 9.06. The Balaban J connectivity index is -0.000000845. The van der Waals surface area contributed by atoms with Crippen molar-refractivity contribution < 1.29 is 37.2 Å². The van der Waals surface area contributed by atoms with Gasteiger partial charge in [-0.1, -0.05) is 58.3 Å². The minimum atomic E-state index is -0.659. The van der Waals surface area contributed by atoms with Crippen LogP contribution in [0.5, 0.6) is 0 Å². The minimum Gasteiger partial charge on any atom is -0.481 e. The Labute approximate surface area is 161 Å². The van der Waals surface area contributed by atoms with Crippen LogP contribution in [-0.4, -0.2) is 60.0 Å². The summed E-state index contributed by atoms with van der Waals surface area (Å²) >= 11 is 0. The summed E-state index contributed by atoms with van der Waals surface area (Å²) in [4.78, 5) is 10.2. The van der Waals surface area contributed by atoms with Gasteiger partial charge in [0.15, 0.2) is 0 Å². The van der Waals surface area contributed by atoms with E-state index in [1.807, 2.05) is 0 Å². The van der Waals surface area contributed by atoms with Gasteiger partial charge < -0.3 is 5.11 Å². The van der Waals surface area contributed by atoms with Crippen molar-refractivity contribution in [3.05, 3.63) is 0 Å². The largest absolute Gasteiger partial charge is 2.00 e. The standard InChI is InChI=1S/C12H24O2.Ba.Cd/c1-2-3-4-5-6-7-8-9-10-11-12(13)14;;/h2-11H2,1H3,(H,13,14);;/q;2*+2. The van der Waals surface area contributed by atoms with Crippen LogP contribution in [0.15, 0.2) is 0 Å². The molecule has 0 bridgehead atoms. The Bertz CT molecular complexity index is 143. The molecular formula is C12H24BaCdO2+4. The maximum atomic E-state index is 10.2. The van der Waals surface area contributed by atoms with E-state index < -0.39 is 5.97 Å². The van der Waals surface area contributed by atoms with Crippen molar-refractivity contribution in [3.63, 3.8) is 0 Å². The molecule has 0 aromatic carbocycles. The SMILES string of the molecule is CCCCCCCCCCCC(=O)O.[Ba+2].[Cd+2]. The molecule has 0 atom stereocenters. The zero-order valence-electron chi connectivity index (χ0n) is 10.8. The monoisotopic (exact) mass is 452 g/mol. The third kappa shape index (κ3) is 21.3. The van der Waals surface area contributed by atoms with Crippen molar-refractivity contribution >= 4 is 54.9 Å². The van der Waals surface area contributed by atoms with Crippen LogP contribution in [0.25, 0.3) is 0 Å². The zero-order chi connectivity index (χ0) is 10.6. The van der Waals surface area contributed by atoms with Crippen molar-refractivity contribution in [2.75, 3.05) is 0 Å². The average Bonchev–Trinajstić information content (AvgIpc) is 2.15. The molecule has 0 saturated carbocycles. The molecule has 0 aliphatic rings. The summed E-state index contributed by atoms with van der Waals surface area (Å²) in [5.74, 6) is -0.659. The summed E-state index contributed by atoms with van der Waals surface area (Å²) in [6, 6.07) is 0. The first-order valence-corrected chi connectivity index (χ1v) is 5.99. The van der Waals surface area contributed by atoms with E-state index in [0.717, 1.165) is 12.8 Å². The smallest absolute Gasteiger partial charge is 0.481 e. The van der Waals surface area contributed by atoms with E-state index in [1.165, 1.54) is 44.9 Å². The van der Waals surface area contributed by atoms with Crippen LogP contribution >= 0.6 is 0 Å². The number of hydrogen-bond acceptors (Lipinski definition) is 1. The molecule has 16 heavy (non-hydrogen) atoms. The topological polar surface area (TPSA) is 37.3 Å². The third-order valence-corrected chi connectivity index (χ3v) is 2.49. The van der Waals surface area contributed by atoms with E-state index in [4.69, 9.17) is 5.11 Å². The van der Waals surface area contributed by atoms with Gasteiger partial charge in [0.25, 0.3) is 0 Å². The van der Waals surface area contributed by atoms with Gasteiger partial charge in [-0.15, -0.1) is 0 Å². The van der Waals surface area contributed by atoms with Crippen LogP contribution in [-0.2, 0) is 32.1 Å². The second-order valence-corrected chi connectivity index (χ2v) is 3.97. The molecule has 0 fully saturated rings. The first-order chi connectivity index (χ1) is 6.77. The Kier molecular flexibility index (Phi) is 27.9. The number of unbranched alkanes of at least 4 members (excludes halogenated alkanes) is 8. The van der Waals surface area contributed by atoms with Crippen LogP contribution in [0.2, 0.25) is 0 Å². The van der Waals surface area contributed by atoms with Crippen molar-refractivity contribution in [2.24, 2.45) is 0 Å². The van der Waals surface area contributed by atoms with Gasteiger partial charge in [-0.25, -0.2) is 0 Å². The Hall–Kier alpha value is 1.96. The fraction of sp³-hybridized carbons (Fsp3) is 0.917. The number of carboxylic acids is 1. The van der Waals surface area contributed by atoms with Gasteiger partial charge in [0.1, 0.15) is 0 Å². The second kappa shape index (κ2) is 19.3. The van der Waals surface area contributed by atoms with Crippen molar-refractivity contribution in [1.29, 1.82) is 0 Å². The van der Waals surface area contributed by atoms with Gasteiger partial charge in [0.05, 0.1) is 0 Å². The van der Waals surface area contributed by atoms with E-state index >= 15 is 0 Å². The summed E-state index contributed by atoms with van der Waals surface area (Å²) in [5, 5.41) is 8.41. The molecule has 0 spiro atoms. The molecule has 0 aliphatic heterocycles. The number of aliphatic carboxylic acids is 1. The number of carboxylic acid groups (broad SMARTS) is 1. The third-order valence-electron chi connectivity index (χ3n) is 2.49. The van der Waals surface area contributed by atoms with E-state index in [1.54, 1.807) is 0 Å². The molecule has 1 N–H and O–H groups in total. The second-order valence-electron chi connectivity index (χ2n) is 3.97. The molecule has 0 aromatic rings. The maximum Gasteiger partial charge on any atom is 2.00 e. The predicted molar refractivity (Wildman–Crippen MR) is 65.2 cm³/mol. The molecule has 0 heterocycles. The van der Waals surface area contributed by atoms with E-state index in [9.17, 15) is 4.79 Å². The molecule has 0 amide bonds. The van der Waals surface area contributed by atoms with Crippen molar-refractivity contribution in [1.82, 2.24) is 0 Å². The van der Waals surface area contributed by atoms with E-state index in [0.29, 0.717) is 6.42 Å². The molecule has 0 unspecified atom stereocenters. The molecule has 4 heteroatoms. The fourth-order valence-electron chi connectivity index (χ4n) is 1.59. The van der Waals surface area contributed by atoms with Crippen LogP contribution in [0.1, 0.15) is 71.1 Å². The summed E-state index contributed by atoms with van der Waals surface area (Å²) < 4.78 is 0. The summed E-state index contributed by atoms with van der Waals surface area (Å²) in [7, 11) is 0. The predicted octanol–water partition coefficient (Wildman–Crippen LogP) is 3.61. The van der Waals surface area contributed by atoms with Crippen LogP contribution < -0.4 is 0 Å². The average molecular weight is 450 g/mol. The molecule has 0 aliphatic carbocycles. The summed E-state index contributed by atoms with van der Waals surface area (Å²) in [5.41, 5.74) is 0.